The highest BCUT2D eigenvalue weighted by atomic mass is 16.7. The van der Waals surface area contributed by atoms with E-state index in [9.17, 15) is 9.59 Å². The molecule has 0 atom stereocenters. The summed E-state index contributed by atoms with van der Waals surface area (Å²) in [6.45, 7) is 0.387. The Bertz CT molecular complexity index is 250. The Kier molecular flexibility index (Phi) is 11.2. The van der Waals surface area contributed by atoms with Gasteiger partial charge in [0.1, 0.15) is 0 Å². The monoisotopic (exact) mass is 276 g/mol. The lowest BCUT2D eigenvalue weighted by Crippen LogP contribution is -2.13. The molecular weight excluding hydrogens is 252 g/mol. The van der Waals surface area contributed by atoms with Gasteiger partial charge in [-0.2, -0.15) is 0 Å². The Morgan fingerprint density at radius 3 is 2.21 bits per heavy atom. The molecule has 0 aromatic heterocycles. The SMILES string of the molecule is COC(CCCCOC(=O)CCCCC(=O)O)OC. The molecule has 0 radical (unpaired) electrons. The maximum absolute atomic E-state index is 11.3. The van der Waals surface area contributed by atoms with Crippen molar-refractivity contribution in [3.63, 3.8) is 0 Å². The smallest absolute Gasteiger partial charge is 0.305 e. The highest BCUT2D eigenvalue weighted by molar-refractivity contribution is 5.69. The van der Waals surface area contributed by atoms with Crippen molar-refractivity contribution in [2.45, 2.75) is 51.2 Å². The summed E-state index contributed by atoms with van der Waals surface area (Å²) >= 11 is 0. The first kappa shape index (κ1) is 17.9. The van der Waals surface area contributed by atoms with Crippen LogP contribution in [0.1, 0.15) is 44.9 Å². The van der Waals surface area contributed by atoms with E-state index in [4.69, 9.17) is 19.3 Å². The van der Waals surface area contributed by atoms with Crippen LogP contribution in [0.4, 0.5) is 0 Å². The Labute approximate surface area is 114 Å². The standard InChI is InChI=1S/C13H24O6/c1-17-13(18-2)9-5-6-10-19-12(16)8-4-3-7-11(14)15/h13H,3-10H2,1-2H3,(H,14,15). The van der Waals surface area contributed by atoms with Crippen molar-refractivity contribution in [1.29, 1.82) is 0 Å². The van der Waals surface area contributed by atoms with Crippen molar-refractivity contribution in [3.05, 3.63) is 0 Å². The van der Waals surface area contributed by atoms with E-state index in [1.54, 1.807) is 14.2 Å². The van der Waals surface area contributed by atoms with Gasteiger partial charge in [0, 0.05) is 27.1 Å². The molecule has 0 saturated carbocycles. The molecule has 0 saturated heterocycles. The van der Waals surface area contributed by atoms with E-state index in [1.165, 1.54) is 0 Å². The van der Waals surface area contributed by atoms with Crippen LogP contribution in [-0.4, -0.2) is 44.2 Å². The molecule has 0 aliphatic carbocycles. The van der Waals surface area contributed by atoms with Crippen LogP contribution in [0.5, 0.6) is 0 Å². The number of ether oxygens (including phenoxy) is 3. The van der Waals surface area contributed by atoms with E-state index in [-0.39, 0.29) is 25.1 Å². The number of carboxylic acid groups (broad SMARTS) is 1. The fourth-order valence-electron chi connectivity index (χ4n) is 1.55. The van der Waals surface area contributed by atoms with Crippen molar-refractivity contribution in [2.24, 2.45) is 0 Å². The van der Waals surface area contributed by atoms with E-state index in [0.29, 0.717) is 19.4 Å². The summed E-state index contributed by atoms with van der Waals surface area (Å²) in [5.74, 6) is -1.10. The number of methoxy groups -OCH3 is 2. The number of esters is 1. The third-order valence-corrected chi connectivity index (χ3v) is 2.64. The quantitative estimate of drug-likeness (QED) is 0.333. The average molecular weight is 276 g/mol. The van der Waals surface area contributed by atoms with Crippen LogP contribution >= 0.6 is 0 Å². The molecular formula is C13H24O6. The Morgan fingerprint density at radius 2 is 1.63 bits per heavy atom. The number of carboxylic acids is 1. The molecule has 1 N–H and O–H groups in total. The predicted octanol–water partition coefficient (Wildman–Crippen LogP) is 1.96. The van der Waals surface area contributed by atoms with Gasteiger partial charge in [-0.3, -0.25) is 9.59 Å². The van der Waals surface area contributed by atoms with Gasteiger partial charge in [-0.1, -0.05) is 0 Å². The van der Waals surface area contributed by atoms with Crippen LogP contribution in [0, 0.1) is 0 Å². The van der Waals surface area contributed by atoms with Crippen LogP contribution in [0.3, 0.4) is 0 Å². The number of carbonyl (C=O) groups is 2. The van der Waals surface area contributed by atoms with Gasteiger partial charge >= 0.3 is 11.9 Å². The van der Waals surface area contributed by atoms with Gasteiger partial charge < -0.3 is 19.3 Å². The predicted molar refractivity (Wildman–Crippen MR) is 68.7 cm³/mol. The van der Waals surface area contributed by atoms with Crippen molar-refractivity contribution in [3.8, 4) is 0 Å². The minimum absolute atomic E-state index is 0.0999. The van der Waals surface area contributed by atoms with E-state index < -0.39 is 5.97 Å². The van der Waals surface area contributed by atoms with Crippen LogP contribution in [0.15, 0.2) is 0 Å². The third kappa shape index (κ3) is 11.7. The van der Waals surface area contributed by atoms with E-state index >= 15 is 0 Å². The number of rotatable bonds is 12. The van der Waals surface area contributed by atoms with Crippen LogP contribution in [0.2, 0.25) is 0 Å². The zero-order valence-corrected chi connectivity index (χ0v) is 11.7. The number of unbranched alkanes of at least 4 members (excludes halogenated alkanes) is 2. The molecule has 0 rings (SSSR count). The summed E-state index contributed by atoms with van der Waals surface area (Å²) in [5, 5.41) is 8.43. The zero-order valence-electron chi connectivity index (χ0n) is 11.7. The number of hydrogen-bond donors (Lipinski definition) is 1. The minimum atomic E-state index is -0.834. The molecule has 0 unspecified atom stereocenters. The van der Waals surface area contributed by atoms with Crippen molar-refractivity contribution in [1.82, 2.24) is 0 Å². The van der Waals surface area contributed by atoms with Gasteiger partial charge in [0.25, 0.3) is 0 Å². The van der Waals surface area contributed by atoms with Crippen LogP contribution in [-0.2, 0) is 23.8 Å². The topological polar surface area (TPSA) is 82.1 Å². The molecule has 6 nitrogen and oxygen atoms in total. The molecule has 0 bridgehead atoms. The first-order valence-electron chi connectivity index (χ1n) is 6.53. The largest absolute Gasteiger partial charge is 0.481 e. The summed E-state index contributed by atoms with van der Waals surface area (Å²) in [6, 6.07) is 0. The van der Waals surface area contributed by atoms with Gasteiger partial charge in [-0.25, -0.2) is 0 Å². The molecule has 0 heterocycles. The maximum atomic E-state index is 11.3. The molecule has 0 aromatic rings. The fourth-order valence-corrected chi connectivity index (χ4v) is 1.55. The molecule has 6 heteroatoms. The number of aliphatic carboxylic acids is 1. The lowest BCUT2D eigenvalue weighted by atomic mass is 10.2. The first-order valence-corrected chi connectivity index (χ1v) is 6.53. The van der Waals surface area contributed by atoms with E-state index in [2.05, 4.69) is 0 Å². The lowest BCUT2D eigenvalue weighted by Gasteiger charge is -2.12. The molecule has 0 aromatic carbocycles. The maximum Gasteiger partial charge on any atom is 0.305 e. The second-order valence-corrected chi connectivity index (χ2v) is 4.22. The van der Waals surface area contributed by atoms with Crippen molar-refractivity contribution < 1.29 is 28.9 Å². The highest BCUT2D eigenvalue weighted by Crippen LogP contribution is 2.06. The molecule has 112 valence electrons. The normalized spacial score (nSPS) is 10.7. The summed E-state index contributed by atoms with van der Waals surface area (Å²) in [5.41, 5.74) is 0. The molecule has 19 heavy (non-hydrogen) atoms. The van der Waals surface area contributed by atoms with Gasteiger partial charge in [0.15, 0.2) is 6.29 Å². The number of hydrogen-bond acceptors (Lipinski definition) is 5. The fraction of sp³-hybridized carbons (Fsp3) is 0.846. The Balaban J connectivity index is 3.36. The van der Waals surface area contributed by atoms with E-state index in [1.807, 2.05) is 0 Å². The summed E-state index contributed by atoms with van der Waals surface area (Å²) in [6.07, 6.45) is 3.64. The van der Waals surface area contributed by atoms with E-state index in [0.717, 1.165) is 19.3 Å². The van der Waals surface area contributed by atoms with Crippen LogP contribution in [0.25, 0.3) is 0 Å². The van der Waals surface area contributed by atoms with Gasteiger partial charge in [-0.05, 0) is 32.1 Å². The lowest BCUT2D eigenvalue weighted by molar-refractivity contribution is -0.144. The molecule has 0 spiro atoms. The molecule has 0 amide bonds. The second kappa shape index (κ2) is 11.9. The highest BCUT2D eigenvalue weighted by Gasteiger charge is 2.06. The average Bonchev–Trinajstić information content (AvgIpc) is 2.39. The Hall–Kier alpha value is -1.14. The first-order chi connectivity index (χ1) is 9.10. The van der Waals surface area contributed by atoms with Gasteiger partial charge in [0.05, 0.1) is 6.61 Å². The van der Waals surface area contributed by atoms with Crippen molar-refractivity contribution >= 4 is 11.9 Å². The second-order valence-electron chi connectivity index (χ2n) is 4.22. The van der Waals surface area contributed by atoms with Gasteiger partial charge in [0.2, 0.25) is 0 Å². The van der Waals surface area contributed by atoms with Gasteiger partial charge in [-0.15, -0.1) is 0 Å². The third-order valence-electron chi connectivity index (χ3n) is 2.64. The summed E-state index contributed by atoms with van der Waals surface area (Å²) in [4.78, 5) is 21.5. The zero-order chi connectivity index (χ0) is 14.5. The minimum Gasteiger partial charge on any atom is -0.481 e. The Morgan fingerprint density at radius 1 is 1.00 bits per heavy atom. The summed E-state index contributed by atoms with van der Waals surface area (Å²) < 4.78 is 15.1. The molecule has 0 aliphatic rings. The molecule has 0 aliphatic heterocycles. The molecule has 0 fully saturated rings. The van der Waals surface area contributed by atoms with Crippen LogP contribution < -0.4 is 0 Å². The van der Waals surface area contributed by atoms with Crippen molar-refractivity contribution in [2.75, 3.05) is 20.8 Å². The number of carbonyl (C=O) groups excluding carboxylic acids is 1. The summed E-state index contributed by atoms with van der Waals surface area (Å²) in [7, 11) is 3.18.